The Morgan fingerprint density at radius 1 is 1.35 bits per heavy atom. The number of aliphatic imine (C=N–C) groups is 1. The first-order valence-electron chi connectivity index (χ1n) is 10.2. The lowest BCUT2D eigenvalue weighted by atomic mass is 9.67. The summed E-state index contributed by atoms with van der Waals surface area (Å²) in [5, 5.41) is 1.13. The molecule has 1 amide bonds. The number of nitrogens with zero attached hydrogens (tertiary/aromatic N) is 3. The van der Waals surface area contributed by atoms with Gasteiger partial charge in [0.15, 0.2) is 5.17 Å². The molecule has 6 nitrogen and oxygen atoms in total. The summed E-state index contributed by atoms with van der Waals surface area (Å²) < 4.78 is 7.42. The maximum absolute atomic E-state index is 13.1. The van der Waals surface area contributed by atoms with Gasteiger partial charge in [-0.2, -0.15) is 0 Å². The van der Waals surface area contributed by atoms with Crippen LogP contribution in [0.15, 0.2) is 46.0 Å². The number of ether oxygens (including phenoxy) is 1. The number of hydrogen-bond acceptors (Lipinski definition) is 6. The molecule has 0 bridgehead atoms. The lowest BCUT2D eigenvalue weighted by Crippen LogP contribution is -2.54. The summed E-state index contributed by atoms with van der Waals surface area (Å²) in [6, 6.07) is 9.55. The lowest BCUT2D eigenvalue weighted by Gasteiger charge is -2.49. The van der Waals surface area contributed by atoms with Gasteiger partial charge in [0.25, 0.3) is 5.91 Å². The Bertz CT molecular complexity index is 1070. The van der Waals surface area contributed by atoms with Crippen molar-refractivity contribution in [3.8, 4) is 5.75 Å². The molecule has 1 aromatic carbocycles. The molecule has 2 unspecified atom stereocenters. The third-order valence-corrected chi connectivity index (χ3v) is 8.31. The van der Waals surface area contributed by atoms with Gasteiger partial charge in [0.1, 0.15) is 23.1 Å². The van der Waals surface area contributed by atoms with E-state index in [0.29, 0.717) is 15.9 Å². The van der Waals surface area contributed by atoms with Gasteiger partial charge in [-0.05, 0) is 49.6 Å². The van der Waals surface area contributed by atoms with Crippen LogP contribution in [0.1, 0.15) is 35.3 Å². The molecule has 1 spiro atoms. The van der Waals surface area contributed by atoms with Crippen LogP contribution < -0.4 is 10.5 Å². The Hall–Kier alpha value is -1.77. The van der Waals surface area contributed by atoms with Gasteiger partial charge in [0, 0.05) is 41.0 Å². The van der Waals surface area contributed by atoms with Crippen molar-refractivity contribution >= 4 is 50.4 Å². The Balaban J connectivity index is 1.46. The van der Waals surface area contributed by atoms with Crippen LogP contribution in [0.5, 0.6) is 5.75 Å². The average molecular weight is 522 g/mol. The molecule has 9 heteroatoms. The highest BCUT2D eigenvalue weighted by Gasteiger charge is 2.55. The minimum absolute atomic E-state index is 0.0531. The van der Waals surface area contributed by atoms with Gasteiger partial charge in [-0.15, -0.1) is 0 Å². The highest BCUT2D eigenvalue weighted by molar-refractivity contribution is 9.10. The van der Waals surface area contributed by atoms with Gasteiger partial charge in [-0.1, -0.05) is 39.3 Å². The van der Waals surface area contributed by atoms with E-state index in [1.807, 2.05) is 24.1 Å². The molecule has 0 saturated heterocycles. The standard InChI is InChI=1S/C22H22BrClN4O2S/c1-28(20(29)17-5-3-13(24)10-26-17)14-4-7-19-16(9-14)22(11-31-21(25)27-22)15-8-12(23)2-6-18(15)30-19/h2-3,5-6,8,10,14,16,19H,4,7,9,11H2,1H3,(H2,25,27)/t14?,16-,19-,22?/m0/s1. The molecule has 3 heterocycles. The highest BCUT2D eigenvalue weighted by atomic mass is 79.9. The van der Waals surface area contributed by atoms with Crippen LogP contribution in [0.4, 0.5) is 0 Å². The van der Waals surface area contributed by atoms with E-state index >= 15 is 0 Å². The summed E-state index contributed by atoms with van der Waals surface area (Å²) in [6.45, 7) is 0. The largest absolute Gasteiger partial charge is 0.490 e. The van der Waals surface area contributed by atoms with Crippen molar-refractivity contribution < 1.29 is 9.53 Å². The van der Waals surface area contributed by atoms with Crippen molar-refractivity contribution in [2.75, 3.05) is 12.8 Å². The fourth-order valence-electron chi connectivity index (χ4n) is 5.04. The van der Waals surface area contributed by atoms with Crippen LogP contribution in [0.25, 0.3) is 0 Å². The normalized spacial score (nSPS) is 29.0. The van der Waals surface area contributed by atoms with Crippen molar-refractivity contribution in [2.45, 2.75) is 36.9 Å². The first kappa shape index (κ1) is 21.1. The molecule has 3 aliphatic rings. The molecule has 2 N–H and O–H groups in total. The van der Waals surface area contributed by atoms with Gasteiger partial charge in [0.05, 0.1) is 5.02 Å². The van der Waals surface area contributed by atoms with E-state index in [4.69, 9.17) is 27.1 Å². The van der Waals surface area contributed by atoms with Crippen LogP contribution in [0, 0.1) is 5.92 Å². The van der Waals surface area contributed by atoms with Crippen LogP contribution in [-0.4, -0.2) is 45.9 Å². The minimum atomic E-state index is -0.433. The number of halogens is 2. The molecule has 2 aliphatic heterocycles. The predicted molar refractivity (Wildman–Crippen MR) is 127 cm³/mol. The number of pyridine rings is 1. The molecule has 1 fully saturated rings. The number of hydrogen-bond donors (Lipinski definition) is 1. The van der Waals surface area contributed by atoms with Crippen molar-refractivity contribution in [1.29, 1.82) is 0 Å². The van der Waals surface area contributed by atoms with Crippen molar-refractivity contribution in [2.24, 2.45) is 16.6 Å². The maximum Gasteiger partial charge on any atom is 0.272 e. The molecular formula is C22H22BrClN4O2S. The number of fused-ring (bicyclic) bond motifs is 4. The van der Waals surface area contributed by atoms with Gasteiger partial charge in [0.2, 0.25) is 0 Å². The molecule has 162 valence electrons. The molecule has 4 atom stereocenters. The first-order valence-corrected chi connectivity index (χ1v) is 12.4. The third kappa shape index (κ3) is 3.62. The molecule has 1 saturated carbocycles. The number of rotatable bonds is 2. The van der Waals surface area contributed by atoms with Gasteiger partial charge in [-0.3, -0.25) is 4.79 Å². The van der Waals surface area contributed by atoms with Crippen LogP contribution in [0.3, 0.4) is 0 Å². The first-order chi connectivity index (χ1) is 14.9. The summed E-state index contributed by atoms with van der Waals surface area (Å²) in [5.74, 6) is 1.71. The SMILES string of the molecule is CN(C(=O)c1ccc(Cl)cn1)C1CC[C@@H]2Oc3ccc(Br)cc3C3(CSC(N)=N3)[C@H]2C1. The number of carbonyl (C=O) groups is 1. The van der Waals surface area contributed by atoms with E-state index in [2.05, 4.69) is 27.0 Å². The lowest BCUT2D eigenvalue weighted by molar-refractivity contribution is -0.00258. The fraction of sp³-hybridized carbons (Fsp3) is 0.409. The number of amides is 1. The van der Waals surface area contributed by atoms with E-state index in [-0.39, 0.29) is 24.0 Å². The molecule has 1 aliphatic carbocycles. The summed E-state index contributed by atoms with van der Waals surface area (Å²) in [7, 11) is 1.85. The summed E-state index contributed by atoms with van der Waals surface area (Å²) in [5.41, 5.74) is 7.21. The molecular weight excluding hydrogens is 500 g/mol. The second-order valence-electron chi connectivity index (χ2n) is 8.31. The Morgan fingerprint density at radius 2 is 2.19 bits per heavy atom. The van der Waals surface area contributed by atoms with Crippen LogP contribution in [0.2, 0.25) is 5.02 Å². The maximum atomic E-state index is 13.1. The topological polar surface area (TPSA) is 80.8 Å². The van der Waals surface area contributed by atoms with Gasteiger partial charge < -0.3 is 15.4 Å². The van der Waals surface area contributed by atoms with E-state index in [1.54, 1.807) is 23.9 Å². The zero-order chi connectivity index (χ0) is 21.8. The van der Waals surface area contributed by atoms with Crippen LogP contribution in [-0.2, 0) is 5.54 Å². The smallest absolute Gasteiger partial charge is 0.272 e. The summed E-state index contributed by atoms with van der Waals surface area (Å²) >= 11 is 11.1. The molecule has 0 radical (unpaired) electrons. The zero-order valence-electron chi connectivity index (χ0n) is 16.9. The van der Waals surface area contributed by atoms with E-state index in [9.17, 15) is 4.79 Å². The predicted octanol–water partition coefficient (Wildman–Crippen LogP) is 4.46. The number of thioether (sulfide) groups is 1. The average Bonchev–Trinajstić information content (AvgIpc) is 3.16. The Labute approximate surface area is 198 Å². The zero-order valence-corrected chi connectivity index (χ0v) is 20.1. The Kier molecular flexibility index (Phi) is 5.43. The van der Waals surface area contributed by atoms with Gasteiger partial charge in [-0.25, -0.2) is 9.98 Å². The van der Waals surface area contributed by atoms with E-state index in [0.717, 1.165) is 40.8 Å². The van der Waals surface area contributed by atoms with Crippen LogP contribution >= 0.6 is 39.3 Å². The summed E-state index contributed by atoms with van der Waals surface area (Å²) in [4.78, 5) is 24.0. The number of amidine groups is 1. The van der Waals surface area contributed by atoms with Crippen molar-refractivity contribution in [3.63, 3.8) is 0 Å². The Morgan fingerprint density at radius 3 is 2.90 bits per heavy atom. The minimum Gasteiger partial charge on any atom is -0.490 e. The molecule has 1 aromatic heterocycles. The monoisotopic (exact) mass is 520 g/mol. The summed E-state index contributed by atoms with van der Waals surface area (Å²) in [6.07, 6.45) is 4.08. The van der Waals surface area contributed by atoms with E-state index < -0.39 is 5.54 Å². The van der Waals surface area contributed by atoms with E-state index in [1.165, 1.54) is 6.20 Å². The van der Waals surface area contributed by atoms with Gasteiger partial charge >= 0.3 is 0 Å². The number of carbonyl (C=O) groups excluding carboxylic acids is 1. The number of aromatic nitrogens is 1. The highest BCUT2D eigenvalue weighted by Crippen LogP contribution is 2.55. The van der Waals surface area contributed by atoms with Crippen molar-refractivity contribution in [3.05, 3.63) is 57.3 Å². The third-order valence-electron chi connectivity index (χ3n) is 6.62. The fourth-order valence-corrected chi connectivity index (χ4v) is 6.55. The second-order valence-corrected chi connectivity index (χ2v) is 10.7. The number of nitrogens with two attached hydrogens (primary N) is 1. The van der Waals surface area contributed by atoms with Crippen molar-refractivity contribution in [1.82, 2.24) is 9.88 Å². The quantitative estimate of drug-likeness (QED) is 0.631. The molecule has 2 aromatic rings. The number of benzene rings is 1. The second kappa shape index (κ2) is 7.98. The molecule has 5 rings (SSSR count). The molecule has 31 heavy (non-hydrogen) atoms.